The minimum Gasteiger partial charge on any atom is -0.493 e. The molecule has 1 aliphatic rings. The predicted molar refractivity (Wildman–Crippen MR) is 59.2 cm³/mol. The molecule has 0 amide bonds. The fourth-order valence-corrected chi connectivity index (χ4v) is 2.13. The number of rotatable bonds is 2. The minimum absolute atomic E-state index is 0.0365. The Hall–Kier alpha value is -1.03. The van der Waals surface area contributed by atoms with Crippen LogP contribution >= 0.6 is 15.9 Å². The third kappa shape index (κ3) is 1.86. The first-order valence-electron chi connectivity index (χ1n) is 4.74. The molecule has 1 aliphatic heterocycles. The Morgan fingerprint density at radius 3 is 3.07 bits per heavy atom. The van der Waals surface area contributed by atoms with Crippen LogP contribution in [0, 0.1) is 5.92 Å². The zero-order chi connectivity index (χ0) is 11.0. The van der Waals surface area contributed by atoms with E-state index >= 15 is 0 Å². The van der Waals surface area contributed by atoms with Gasteiger partial charge in [-0.05, 0) is 12.1 Å². The second kappa shape index (κ2) is 3.85. The number of fused-ring (bicyclic) bond motifs is 1. The molecule has 1 N–H and O–H groups in total. The van der Waals surface area contributed by atoms with Gasteiger partial charge in [-0.1, -0.05) is 28.9 Å². The summed E-state index contributed by atoms with van der Waals surface area (Å²) in [5, 5.41) is 8.96. The standard InChI is InChI=1S/C11H11BrO3/c1-6(11(13)14)9-5-15-10-4-7(12)2-3-8(9)10/h2-4,6,9H,5H2,1H3,(H,13,14). The fraction of sp³-hybridized carbons (Fsp3) is 0.364. The summed E-state index contributed by atoms with van der Waals surface area (Å²) in [7, 11) is 0. The lowest BCUT2D eigenvalue weighted by Crippen LogP contribution is -2.19. The second-order valence-electron chi connectivity index (χ2n) is 3.73. The summed E-state index contributed by atoms with van der Waals surface area (Å²) in [5.74, 6) is -0.431. The van der Waals surface area contributed by atoms with Crippen LogP contribution in [-0.2, 0) is 4.79 Å². The smallest absolute Gasteiger partial charge is 0.306 e. The summed E-state index contributed by atoms with van der Waals surface area (Å²) in [6.45, 7) is 2.17. The Morgan fingerprint density at radius 2 is 2.40 bits per heavy atom. The van der Waals surface area contributed by atoms with E-state index in [1.165, 1.54) is 0 Å². The quantitative estimate of drug-likeness (QED) is 0.899. The van der Waals surface area contributed by atoms with E-state index in [9.17, 15) is 4.79 Å². The van der Waals surface area contributed by atoms with Crippen molar-refractivity contribution in [3.8, 4) is 5.75 Å². The van der Waals surface area contributed by atoms with Crippen LogP contribution in [0.5, 0.6) is 5.75 Å². The number of ether oxygens (including phenoxy) is 1. The normalized spacial score (nSPS) is 20.5. The van der Waals surface area contributed by atoms with Gasteiger partial charge in [0.15, 0.2) is 0 Å². The number of carboxylic acid groups (broad SMARTS) is 1. The molecule has 0 saturated heterocycles. The average molecular weight is 271 g/mol. The van der Waals surface area contributed by atoms with Crippen molar-refractivity contribution in [2.24, 2.45) is 5.92 Å². The number of aliphatic carboxylic acids is 1. The topological polar surface area (TPSA) is 46.5 Å². The van der Waals surface area contributed by atoms with E-state index in [1.54, 1.807) is 6.92 Å². The summed E-state index contributed by atoms with van der Waals surface area (Å²) in [6, 6.07) is 5.72. The van der Waals surface area contributed by atoms with Crippen LogP contribution in [0.15, 0.2) is 22.7 Å². The Balaban J connectivity index is 2.32. The summed E-state index contributed by atoms with van der Waals surface area (Å²) < 4.78 is 6.42. The molecule has 0 spiro atoms. The van der Waals surface area contributed by atoms with E-state index in [4.69, 9.17) is 9.84 Å². The van der Waals surface area contributed by atoms with Crippen molar-refractivity contribution in [2.45, 2.75) is 12.8 Å². The van der Waals surface area contributed by atoms with Gasteiger partial charge >= 0.3 is 5.97 Å². The Labute approximate surface area is 96.2 Å². The van der Waals surface area contributed by atoms with Crippen LogP contribution in [-0.4, -0.2) is 17.7 Å². The van der Waals surface area contributed by atoms with Gasteiger partial charge in [0.2, 0.25) is 0 Å². The number of hydrogen-bond acceptors (Lipinski definition) is 2. The molecule has 0 radical (unpaired) electrons. The molecular weight excluding hydrogens is 260 g/mol. The van der Waals surface area contributed by atoms with Gasteiger partial charge in [0.1, 0.15) is 5.75 Å². The molecular formula is C11H11BrO3. The van der Waals surface area contributed by atoms with E-state index in [0.717, 1.165) is 15.8 Å². The lowest BCUT2D eigenvalue weighted by Gasteiger charge is -2.13. The molecule has 0 fully saturated rings. The van der Waals surface area contributed by atoms with Crippen LogP contribution in [0.2, 0.25) is 0 Å². The van der Waals surface area contributed by atoms with Crippen LogP contribution in [0.1, 0.15) is 18.4 Å². The number of carbonyl (C=O) groups is 1. The van der Waals surface area contributed by atoms with Crippen molar-refractivity contribution in [1.29, 1.82) is 0 Å². The van der Waals surface area contributed by atoms with Gasteiger partial charge in [-0.2, -0.15) is 0 Å². The highest BCUT2D eigenvalue weighted by molar-refractivity contribution is 9.10. The SMILES string of the molecule is CC(C(=O)O)C1COc2cc(Br)ccc21. The Kier molecular flexibility index (Phi) is 2.69. The molecule has 2 unspecified atom stereocenters. The van der Waals surface area contributed by atoms with E-state index in [1.807, 2.05) is 18.2 Å². The minimum atomic E-state index is -0.778. The highest BCUT2D eigenvalue weighted by atomic mass is 79.9. The molecule has 1 heterocycles. The lowest BCUT2D eigenvalue weighted by molar-refractivity contribution is -0.142. The third-order valence-electron chi connectivity index (χ3n) is 2.79. The number of carboxylic acids is 1. The number of hydrogen-bond donors (Lipinski definition) is 1. The van der Waals surface area contributed by atoms with Crippen molar-refractivity contribution in [3.63, 3.8) is 0 Å². The van der Waals surface area contributed by atoms with E-state index in [-0.39, 0.29) is 5.92 Å². The third-order valence-corrected chi connectivity index (χ3v) is 3.28. The van der Waals surface area contributed by atoms with Gasteiger partial charge < -0.3 is 9.84 Å². The molecule has 4 heteroatoms. The number of benzene rings is 1. The monoisotopic (exact) mass is 270 g/mol. The van der Waals surface area contributed by atoms with Gasteiger partial charge in [-0.15, -0.1) is 0 Å². The molecule has 3 nitrogen and oxygen atoms in total. The van der Waals surface area contributed by atoms with Crippen LogP contribution < -0.4 is 4.74 Å². The average Bonchev–Trinajstić information content (AvgIpc) is 2.59. The summed E-state index contributed by atoms with van der Waals surface area (Å²) in [5.41, 5.74) is 0.994. The molecule has 0 saturated carbocycles. The largest absolute Gasteiger partial charge is 0.493 e. The summed E-state index contributed by atoms with van der Waals surface area (Å²) in [4.78, 5) is 10.9. The first kappa shape index (κ1) is 10.5. The predicted octanol–water partition coefficient (Wildman–Crippen LogP) is 2.65. The molecule has 2 atom stereocenters. The maximum Gasteiger partial charge on any atom is 0.306 e. The van der Waals surface area contributed by atoms with Crippen molar-refractivity contribution < 1.29 is 14.6 Å². The number of halogens is 1. The van der Waals surface area contributed by atoms with Crippen molar-refractivity contribution in [3.05, 3.63) is 28.2 Å². The molecule has 2 rings (SSSR count). The second-order valence-corrected chi connectivity index (χ2v) is 4.64. The highest BCUT2D eigenvalue weighted by Crippen LogP contribution is 2.39. The van der Waals surface area contributed by atoms with Crippen molar-refractivity contribution in [2.75, 3.05) is 6.61 Å². The zero-order valence-corrected chi connectivity index (χ0v) is 9.82. The van der Waals surface area contributed by atoms with Crippen molar-refractivity contribution in [1.82, 2.24) is 0 Å². The van der Waals surface area contributed by atoms with Crippen LogP contribution in [0.3, 0.4) is 0 Å². The van der Waals surface area contributed by atoms with Gasteiger partial charge in [0.25, 0.3) is 0 Å². The first-order valence-corrected chi connectivity index (χ1v) is 5.54. The maximum absolute atomic E-state index is 10.9. The highest BCUT2D eigenvalue weighted by Gasteiger charge is 2.32. The zero-order valence-electron chi connectivity index (χ0n) is 8.24. The summed E-state index contributed by atoms with van der Waals surface area (Å²) >= 11 is 3.35. The van der Waals surface area contributed by atoms with Crippen LogP contribution in [0.4, 0.5) is 0 Å². The van der Waals surface area contributed by atoms with Gasteiger partial charge in [-0.25, -0.2) is 0 Å². The van der Waals surface area contributed by atoms with Gasteiger partial charge in [-0.3, -0.25) is 4.79 Å². The molecule has 0 aromatic heterocycles. The summed E-state index contributed by atoms with van der Waals surface area (Å²) in [6.07, 6.45) is 0. The lowest BCUT2D eigenvalue weighted by atomic mass is 9.89. The van der Waals surface area contributed by atoms with Crippen molar-refractivity contribution >= 4 is 21.9 Å². The molecule has 0 bridgehead atoms. The van der Waals surface area contributed by atoms with E-state index < -0.39 is 11.9 Å². The molecule has 1 aromatic carbocycles. The van der Waals surface area contributed by atoms with E-state index in [2.05, 4.69) is 15.9 Å². The fourth-order valence-electron chi connectivity index (χ4n) is 1.79. The van der Waals surface area contributed by atoms with Gasteiger partial charge in [0.05, 0.1) is 12.5 Å². The molecule has 15 heavy (non-hydrogen) atoms. The van der Waals surface area contributed by atoms with E-state index in [0.29, 0.717) is 6.61 Å². The molecule has 0 aliphatic carbocycles. The van der Waals surface area contributed by atoms with Crippen LogP contribution in [0.25, 0.3) is 0 Å². The molecule has 80 valence electrons. The first-order chi connectivity index (χ1) is 7.09. The molecule has 1 aromatic rings. The van der Waals surface area contributed by atoms with Gasteiger partial charge in [0, 0.05) is 16.0 Å². The maximum atomic E-state index is 10.9. The Morgan fingerprint density at radius 1 is 1.67 bits per heavy atom. The Bertz CT molecular complexity index is 403.